The van der Waals surface area contributed by atoms with Crippen LogP contribution in [0.2, 0.25) is 0 Å². The molecule has 0 atom stereocenters. The lowest BCUT2D eigenvalue weighted by Gasteiger charge is -2.18. The topological polar surface area (TPSA) is 114 Å². The van der Waals surface area contributed by atoms with Crippen molar-refractivity contribution < 1.29 is 23.5 Å². The number of carbonyl (C=O) groups excluding carboxylic acids is 1. The molecule has 1 N–H and O–H groups in total. The minimum absolute atomic E-state index is 0.264. The van der Waals surface area contributed by atoms with E-state index in [4.69, 9.17) is 18.7 Å². The van der Waals surface area contributed by atoms with Gasteiger partial charge in [-0.2, -0.15) is 0 Å². The van der Waals surface area contributed by atoms with Crippen molar-refractivity contribution in [2.24, 2.45) is 0 Å². The van der Waals surface area contributed by atoms with Gasteiger partial charge in [-0.1, -0.05) is 22.1 Å². The fourth-order valence-electron chi connectivity index (χ4n) is 2.95. The number of hydrogen-bond donors (Lipinski definition) is 1. The average Bonchev–Trinajstić information content (AvgIpc) is 3.33. The summed E-state index contributed by atoms with van der Waals surface area (Å²) in [4.78, 5) is 18.2. The predicted molar refractivity (Wildman–Crippen MR) is 116 cm³/mol. The fraction of sp³-hybridized carbons (Fsp3) is 0.273. The Hall–Kier alpha value is -4.08. The SMILES string of the molecule is COc1cccc(Cc2nnc(Nc3ccc4c(cnn4OC(=O)OC(C)(C)C)c3)o2)c1. The van der Waals surface area contributed by atoms with Gasteiger partial charge in [0, 0.05) is 11.1 Å². The van der Waals surface area contributed by atoms with Crippen LogP contribution < -0.4 is 14.9 Å². The summed E-state index contributed by atoms with van der Waals surface area (Å²) in [7, 11) is 1.62. The molecule has 2 aromatic carbocycles. The highest BCUT2D eigenvalue weighted by Gasteiger charge is 2.19. The van der Waals surface area contributed by atoms with Crippen molar-refractivity contribution in [1.82, 2.24) is 20.1 Å². The van der Waals surface area contributed by atoms with Gasteiger partial charge in [0.05, 0.1) is 19.7 Å². The normalized spacial score (nSPS) is 11.4. The van der Waals surface area contributed by atoms with Gasteiger partial charge in [0.25, 0.3) is 0 Å². The maximum absolute atomic E-state index is 11.9. The zero-order valence-corrected chi connectivity index (χ0v) is 18.2. The van der Waals surface area contributed by atoms with Crippen LogP contribution in [0.1, 0.15) is 32.2 Å². The largest absolute Gasteiger partial charge is 0.535 e. The van der Waals surface area contributed by atoms with E-state index in [1.165, 1.54) is 0 Å². The first-order chi connectivity index (χ1) is 15.3. The third-order valence-electron chi connectivity index (χ3n) is 4.29. The summed E-state index contributed by atoms with van der Waals surface area (Å²) in [5, 5.41) is 16.0. The van der Waals surface area contributed by atoms with Crippen molar-refractivity contribution in [2.75, 3.05) is 12.4 Å². The standard InChI is InChI=1S/C22H23N5O5/c1-22(2,3)31-21(28)32-27-18-9-8-16(12-15(18)13-23-27)24-20-26-25-19(30-20)11-14-6-5-7-17(10-14)29-4/h5-10,12-13H,11H2,1-4H3,(H,24,26). The number of hydrogen-bond acceptors (Lipinski definition) is 9. The molecule has 0 spiro atoms. The summed E-state index contributed by atoms with van der Waals surface area (Å²) in [6.45, 7) is 5.27. The molecule has 0 saturated carbocycles. The Morgan fingerprint density at radius 2 is 2.00 bits per heavy atom. The zero-order chi connectivity index (χ0) is 22.7. The summed E-state index contributed by atoms with van der Waals surface area (Å²) in [5.41, 5.74) is 1.65. The lowest BCUT2D eigenvalue weighted by atomic mass is 10.1. The summed E-state index contributed by atoms with van der Waals surface area (Å²) in [5.74, 6) is 1.24. The summed E-state index contributed by atoms with van der Waals surface area (Å²) in [6.07, 6.45) is 1.23. The molecular weight excluding hydrogens is 414 g/mol. The first-order valence-corrected chi connectivity index (χ1v) is 9.90. The smallest absolute Gasteiger partial charge is 0.497 e. The Morgan fingerprint density at radius 1 is 1.16 bits per heavy atom. The van der Waals surface area contributed by atoms with Crippen LogP contribution in [-0.2, 0) is 11.2 Å². The summed E-state index contributed by atoms with van der Waals surface area (Å²) < 4.78 is 16.1. The second-order valence-electron chi connectivity index (χ2n) is 8.00. The van der Waals surface area contributed by atoms with Crippen LogP contribution >= 0.6 is 0 Å². The van der Waals surface area contributed by atoms with E-state index in [1.54, 1.807) is 46.2 Å². The molecule has 0 aliphatic rings. The lowest BCUT2D eigenvalue weighted by molar-refractivity contribution is -0.0148. The van der Waals surface area contributed by atoms with Crippen LogP contribution in [0.25, 0.3) is 10.9 Å². The second kappa shape index (κ2) is 8.58. The molecule has 4 rings (SSSR count). The third-order valence-corrected chi connectivity index (χ3v) is 4.29. The van der Waals surface area contributed by atoms with Gasteiger partial charge < -0.3 is 19.2 Å². The summed E-state index contributed by atoms with van der Waals surface area (Å²) >= 11 is 0. The van der Waals surface area contributed by atoms with Gasteiger partial charge in [0.2, 0.25) is 5.89 Å². The van der Waals surface area contributed by atoms with E-state index in [9.17, 15) is 4.79 Å². The lowest BCUT2D eigenvalue weighted by Crippen LogP contribution is -2.30. The zero-order valence-electron chi connectivity index (χ0n) is 18.2. The Balaban J connectivity index is 1.43. The summed E-state index contributed by atoms with van der Waals surface area (Å²) in [6, 6.07) is 13.3. The molecule has 0 aliphatic carbocycles. The maximum atomic E-state index is 11.9. The molecule has 0 unspecified atom stereocenters. The number of rotatable bonds is 6. The van der Waals surface area contributed by atoms with Gasteiger partial charge in [0.1, 0.15) is 16.9 Å². The van der Waals surface area contributed by atoms with E-state index in [-0.39, 0.29) is 6.01 Å². The van der Waals surface area contributed by atoms with Crippen LogP contribution in [0.3, 0.4) is 0 Å². The number of methoxy groups -OCH3 is 1. The van der Waals surface area contributed by atoms with Gasteiger partial charge in [-0.15, -0.1) is 10.2 Å². The molecule has 0 bridgehead atoms. The number of fused-ring (bicyclic) bond motifs is 1. The molecule has 0 radical (unpaired) electrons. The van der Waals surface area contributed by atoms with Gasteiger partial charge in [-0.05, 0) is 56.7 Å². The maximum Gasteiger partial charge on any atom is 0.535 e. The van der Waals surface area contributed by atoms with E-state index in [1.807, 2.05) is 30.3 Å². The van der Waals surface area contributed by atoms with Crippen molar-refractivity contribution in [1.29, 1.82) is 0 Å². The first-order valence-electron chi connectivity index (χ1n) is 9.90. The number of anilines is 2. The third kappa shape index (κ3) is 5.15. The molecule has 166 valence electrons. The molecule has 0 saturated heterocycles. The van der Waals surface area contributed by atoms with E-state index in [2.05, 4.69) is 20.6 Å². The van der Waals surface area contributed by atoms with Crippen molar-refractivity contribution in [2.45, 2.75) is 32.8 Å². The number of nitrogens with zero attached hydrogens (tertiary/aromatic N) is 4. The fourth-order valence-corrected chi connectivity index (χ4v) is 2.95. The van der Waals surface area contributed by atoms with Crippen LogP contribution in [0, 0.1) is 0 Å². The number of aromatic nitrogens is 4. The molecule has 0 fully saturated rings. The van der Waals surface area contributed by atoms with Gasteiger partial charge in [-0.3, -0.25) is 4.84 Å². The van der Waals surface area contributed by atoms with Gasteiger partial charge >= 0.3 is 12.2 Å². The van der Waals surface area contributed by atoms with E-state index in [0.29, 0.717) is 23.5 Å². The molecule has 0 amide bonds. The molecule has 10 nitrogen and oxygen atoms in total. The monoisotopic (exact) mass is 437 g/mol. The number of nitrogens with one attached hydrogen (secondary N) is 1. The van der Waals surface area contributed by atoms with Crippen LogP contribution in [0.15, 0.2) is 53.1 Å². The van der Waals surface area contributed by atoms with E-state index < -0.39 is 11.8 Å². The predicted octanol–water partition coefficient (Wildman–Crippen LogP) is 4.13. The van der Waals surface area contributed by atoms with E-state index in [0.717, 1.165) is 21.5 Å². The van der Waals surface area contributed by atoms with Crippen molar-refractivity contribution >= 4 is 28.8 Å². The Morgan fingerprint density at radius 3 is 2.78 bits per heavy atom. The number of benzene rings is 2. The molecule has 32 heavy (non-hydrogen) atoms. The highest BCUT2D eigenvalue weighted by molar-refractivity contribution is 5.83. The van der Waals surface area contributed by atoms with Crippen molar-refractivity contribution in [3.05, 3.63) is 60.1 Å². The Kier molecular flexibility index (Phi) is 5.67. The minimum Gasteiger partial charge on any atom is -0.497 e. The first kappa shape index (κ1) is 21.2. The van der Waals surface area contributed by atoms with Gasteiger partial charge in [-0.25, -0.2) is 4.79 Å². The molecule has 10 heteroatoms. The highest BCUT2D eigenvalue weighted by atomic mass is 16.8. The van der Waals surface area contributed by atoms with Crippen LogP contribution in [-0.4, -0.2) is 39.0 Å². The molecule has 2 heterocycles. The van der Waals surface area contributed by atoms with E-state index >= 15 is 0 Å². The average molecular weight is 437 g/mol. The second-order valence-corrected chi connectivity index (χ2v) is 8.00. The number of ether oxygens (including phenoxy) is 2. The molecular formula is C22H23N5O5. The van der Waals surface area contributed by atoms with Crippen LogP contribution in [0.5, 0.6) is 5.75 Å². The minimum atomic E-state index is -0.834. The quantitative estimate of drug-likeness (QED) is 0.445. The molecule has 0 aliphatic heterocycles. The Labute approximate surface area is 184 Å². The van der Waals surface area contributed by atoms with Gasteiger partial charge in [0.15, 0.2) is 0 Å². The highest BCUT2D eigenvalue weighted by Crippen LogP contribution is 2.23. The molecule has 2 aromatic heterocycles. The van der Waals surface area contributed by atoms with Crippen LogP contribution in [0.4, 0.5) is 16.5 Å². The number of carbonyl (C=O) groups is 1. The van der Waals surface area contributed by atoms with Crippen molar-refractivity contribution in [3.8, 4) is 5.75 Å². The molecule has 4 aromatic rings. The Bertz CT molecular complexity index is 1240. The van der Waals surface area contributed by atoms with Crippen molar-refractivity contribution in [3.63, 3.8) is 0 Å².